The van der Waals surface area contributed by atoms with Crippen LogP contribution in [0.25, 0.3) is 5.57 Å². The number of ether oxygens (including phenoxy) is 1. The summed E-state index contributed by atoms with van der Waals surface area (Å²) in [5, 5.41) is 3.81. The lowest BCUT2D eigenvalue weighted by Gasteiger charge is -2.19. The monoisotopic (exact) mass is 322 g/mol. The van der Waals surface area contributed by atoms with Crippen molar-refractivity contribution in [1.29, 1.82) is 0 Å². The van der Waals surface area contributed by atoms with Gasteiger partial charge in [0, 0.05) is 54.7 Å². The number of anilines is 1. The molecule has 1 aromatic heterocycles. The van der Waals surface area contributed by atoms with Gasteiger partial charge in [-0.15, -0.1) is 0 Å². The second-order valence-electron chi connectivity index (χ2n) is 5.60. The van der Waals surface area contributed by atoms with Crippen LogP contribution in [0.3, 0.4) is 0 Å². The highest BCUT2D eigenvalue weighted by atomic mass is 35.5. The third-order valence-electron chi connectivity index (χ3n) is 3.42. The molecule has 5 nitrogen and oxygen atoms in total. The Morgan fingerprint density at radius 2 is 2.23 bits per heavy atom. The van der Waals surface area contributed by atoms with Gasteiger partial charge in [-0.05, 0) is 32.8 Å². The highest BCUT2D eigenvalue weighted by Gasteiger charge is 2.13. The molecule has 0 saturated carbocycles. The normalized spacial score (nSPS) is 17.4. The second-order valence-corrected chi connectivity index (χ2v) is 5.98. The number of nitrogens with two attached hydrogens (primary N) is 1. The molecular weight excluding hydrogens is 300 g/mol. The summed E-state index contributed by atoms with van der Waals surface area (Å²) in [6.45, 7) is 5.68. The first-order valence-electron chi connectivity index (χ1n) is 7.55. The number of rotatable bonds is 5. The summed E-state index contributed by atoms with van der Waals surface area (Å²) >= 11 is 6.00. The van der Waals surface area contributed by atoms with E-state index in [2.05, 4.69) is 29.1 Å². The van der Waals surface area contributed by atoms with Crippen molar-refractivity contribution in [2.45, 2.75) is 38.8 Å². The van der Waals surface area contributed by atoms with Crippen LogP contribution >= 0.6 is 11.6 Å². The zero-order valence-electron chi connectivity index (χ0n) is 13.1. The predicted molar refractivity (Wildman–Crippen MR) is 92.5 cm³/mol. The SMILES string of the molecule is CC(C)Nc1cc(Cl)ncc1C(C=NC1CCOCC1)=CN. The maximum Gasteiger partial charge on any atom is 0.131 e. The number of allylic oxidation sites excluding steroid dienone is 1. The molecule has 0 radical (unpaired) electrons. The van der Waals surface area contributed by atoms with Crippen molar-refractivity contribution in [2.75, 3.05) is 18.5 Å². The van der Waals surface area contributed by atoms with Crippen LogP contribution in [0.5, 0.6) is 0 Å². The van der Waals surface area contributed by atoms with Crippen LogP contribution in [0.2, 0.25) is 5.15 Å². The molecule has 0 unspecified atom stereocenters. The van der Waals surface area contributed by atoms with Gasteiger partial charge in [-0.25, -0.2) is 4.98 Å². The molecule has 0 aromatic carbocycles. The molecule has 1 aliphatic rings. The maximum absolute atomic E-state index is 6.00. The van der Waals surface area contributed by atoms with Crippen LogP contribution in [0.1, 0.15) is 32.3 Å². The molecule has 0 bridgehead atoms. The van der Waals surface area contributed by atoms with Crippen molar-refractivity contribution in [3.63, 3.8) is 0 Å². The summed E-state index contributed by atoms with van der Waals surface area (Å²) in [4.78, 5) is 8.79. The third-order valence-corrected chi connectivity index (χ3v) is 3.63. The van der Waals surface area contributed by atoms with Crippen molar-refractivity contribution in [3.8, 4) is 0 Å². The van der Waals surface area contributed by atoms with Crippen LogP contribution < -0.4 is 11.1 Å². The topological polar surface area (TPSA) is 72.5 Å². The summed E-state index contributed by atoms with van der Waals surface area (Å²) < 4.78 is 5.35. The first kappa shape index (κ1) is 16.8. The Morgan fingerprint density at radius 3 is 2.86 bits per heavy atom. The molecular formula is C16H23ClN4O. The Morgan fingerprint density at radius 1 is 1.50 bits per heavy atom. The Balaban J connectivity index is 2.21. The van der Waals surface area contributed by atoms with E-state index >= 15 is 0 Å². The summed E-state index contributed by atoms with van der Waals surface area (Å²) in [6, 6.07) is 2.39. The molecule has 1 aliphatic heterocycles. The first-order chi connectivity index (χ1) is 10.6. The highest BCUT2D eigenvalue weighted by molar-refractivity contribution is 6.29. The molecule has 1 aromatic rings. The number of pyridine rings is 1. The van der Waals surface area contributed by atoms with E-state index in [9.17, 15) is 0 Å². The van der Waals surface area contributed by atoms with Gasteiger partial charge in [-0.2, -0.15) is 0 Å². The average Bonchev–Trinajstić information content (AvgIpc) is 2.50. The average molecular weight is 323 g/mol. The van der Waals surface area contributed by atoms with E-state index in [1.807, 2.05) is 12.3 Å². The van der Waals surface area contributed by atoms with Crippen LogP contribution in [-0.2, 0) is 4.74 Å². The fourth-order valence-corrected chi connectivity index (χ4v) is 2.47. The van der Waals surface area contributed by atoms with Crippen LogP contribution in [0.4, 0.5) is 5.69 Å². The van der Waals surface area contributed by atoms with Gasteiger partial charge < -0.3 is 15.8 Å². The predicted octanol–water partition coefficient (Wildman–Crippen LogP) is 3.10. The van der Waals surface area contributed by atoms with Crippen LogP contribution in [0.15, 0.2) is 23.5 Å². The van der Waals surface area contributed by atoms with Gasteiger partial charge in [0.05, 0.1) is 6.04 Å². The molecule has 2 heterocycles. The smallest absolute Gasteiger partial charge is 0.131 e. The van der Waals surface area contributed by atoms with Gasteiger partial charge in [0.25, 0.3) is 0 Å². The minimum atomic E-state index is 0.281. The number of halogens is 1. The molecule has 2 rings (SSSR count). The zero-order chi connectivity index (χ0) is 15.9. The van der Waals surface area contributed by atoms with Crippen molar-refractivity contribution >= 4 is 29.1 Å². The van der Waals surface area contributed by atoms with E-state index in [1.165, 1.54) is 0 Å². The van der Waals surface area contributed by atoms with E-state index in [-0.39, 0.29) is 6.04 Å². The Kier molecular flexibility index (Phi) is 6.21. The Hall–Kier alpha value is -1.59. The van der Waals surface area contributed by atoms with Gasteiger partial charge in [-0.1, -0.05) is 11.6 Å². The summed E-state index contributed by atoms with van der Waals surface area (Å²) in [7, 11) is 0. The van der Waals surface area contributed by atoms with Crippen molar-refractivity contribution in [1.82, 2.24) is 4.98 Å². The number of hydrogen-bond donors (Lipinski definition) is 2. The lowest BCUT2D eigenvalue weighted by atomic mass is 10.1. The minimum absolute atomic E-state index is 0.281. The van der Waals surface area contributed by atoms with Gasteiger partial charge in [0.1, 0.15) is 5.15 Å². The lowest BCUT2D eigenvalue weighted by Crippen LogP contribution is -2.18. The van der Waals surface area contributed by atoms with E-state index in [1.54, 1.807) is 12.4 Å². The fourth-order valence-electron chi connectivity index (χ4n) is 2.31. The third kappa shape index (κ3) is 4.71. The molecule has 0 aliphatic carbocycles. The standard InChI is InChI=1S/C16H23ClN4O/c1-11(2)21-15-7-16(17)20-10-14(15)12(8-18)9-19-13-3-5-22-6-4-13/h7-11,13H,3-6,18H2,1-2H3,(H,20,21). The fraction of sp³-hybridized carbons (Fsp3) is 0.500. The number of aromatic nitrogens is 1. The van der Waals surface area contributed by atoms with Crippen LogP contribution in [-0.4, -0.2) is 36.5 Å². The van der Waals surface area contributed by atoms with Gasteiger partial charge in [0.15, 0.2) is 0 Å². The van der Waals surface area contributed by atoms with Crippen molar-refractivity contribution < 1.29 is 4.74 Å². The quantitative estimate of drug-likeness (QED) is 0.645. The Bertz CT molecular complexity index is 551. The molecule has 0 atom stereocenters. The number of aliphatic imine (C=N–C) groups is 1. The molecule has 3 N–H and O–H groups in total. The lowest BCUT2D eigenvalue weighted by molar-refractivity contribution is 0.0872. The molecule has 1 fully saturated rings. The molecule has 1 saturated heterocycles. The molecule has 120 valence electrons. The molecule has 22 heavy (non-hydrogen) atoms. The largest absolute Gasteiger partial charge is 0.404 e. The van der Waals surface area contributed by atoms with E-state index < -0.39 is 0 Å². The van der Waals surface area contributed by atoms with Crippen molar-refractivity contribution in [3.05, 3.63) is 29.2 Å². The maximum atomic E-state index is 6.00. The van der Waals surface area contributed by atoms with Crippen LogP contribution in [0, 0.1) is 0 Å². The summed E-state index contributed by atoms with van der Waals surface area (Å²) in [5.41, 5.74) is 8.43. The second kappa shape index (κ2) is 8.15. The van der Waals surface area contributed by atoms with Gasteiger partial charge in [0.2, 0.25) is 0 Å². The molecule has 0 amide bonds. The van der Waals surface area contributed by atoms with E-state index in [0.29, 0.717) is 11.2 Å². The highest BCUT2D eigenvalue weighted by Crippen LogP contribution is 2.25. The summed E-state index contributed by atoms with van der Waals surface area (Å²) in [5.74, 6) is 0. The van der Waals surface area contributed by atoms with Gasteiger partial charge in [-0.3, -0.25) is 4.99 Å². The molecule has 6 heteroatoms. The number of nitrogens with zero attached hydrogens (tertiary/aromatic N) is 2. The first-order valence-corrected chi connectivity index (χ1v) is 7.93. The number of nitrogens with one attached hydrogen (secondary N) is 1. The van der Waals surface area contributed by atoms with E-state index in [4.69, 9.17) is 22.1 Å². The zero-order valence-corrected chi connectivity index (χ0v) is 13.8. The van der Waals surface area contributed by atoms with E-state index in [0.717, 1.165) is 42.9 Å². The Labute approximate surface area is 136 Å². The molecule has 0 spiro atoms. The van der Waals surface area contributed by atoms with Crippen molar-refractivity contribution in [2.24, 2.45) is 10.7 Å². The van der Waals surface area contributed by atoms with Gasteiger partial charge >= 0.3 is 0 Å². The summed E-state index contributed by atoms with van der Waals surface area (Å²) in [6.07, 6.45) is 7.00. The number of hydrogen-bond acceptors (Lipinski definition) is 5. The minimum Gasteiger partial charge on any atom is -0.404 e.